The monoisotopic (exact) mass is 470 g/mol. The Bertz CT molecular complexity index is 620. The van der Waals surface area contributed by atoms with E-state index in [0.717, 1.165) is 36.4 Å². The maximum Gasteiger partial charge on any atom is 0.251 e. The number of rotatable bonds is 4. The van der Waals surface area contributed by atoms with Gasteiger partial charge in [0.1, 0.15) is 0 Å². The molecule has 1 saturated carbocycles. The molecule has 3 rings (SSSR count). The van der Waals surface area contributed by atoms with E-state index in [4.69, 9.17) is 0 Å². The first-order valence-corrected chi connectivity index (χ1v) is 9.54. The van der Waals surface area contributed by atoms with Gasteiger partial charge in [-0.25, -0.2) is 0 Å². The highest BCUT2D eigenvalue weighted by atomic mass is 127. The number of nitrogens with zero attached hydrogens (tertiary/aromatic N) is 2. The molecule has 1 aliphatic heterocycles. The predicted octanol–water partition coefficient (Wildman–Crippen LogP) is 3.25. The van der Waals surface area contributed by atoms with Crippen LogP contribution in [-0.2, 0) is 6.54 Å². The number of carbonyl (C=O) groups excluding carboxylic acids is 1. The van der Waals surface area contributed by atoms with Gasteiger partial charge in [-0.15, -0.1) is 24.0 Å². The molecular formula is C20H31IN4O. The lowest BCUT2D eigenvalue weighted by Crippen LogP contribution is -2.39. The van der Waals surface area contributed by atoms with E-state index in [1.807, 2.05) is 38.2 Å². The summed E-state index contributed by atoms with van der Waals surface area (Å²) in [5, 5.41) is 6.33. The van der Waals surface area contributed by atoms with Gasteiger partial charge in [-0.05, 0) is 49.3 Å². The zero-order chi connectivity index (χ0) is 17.6. The van der Waals surface area contributed by atoms with Crippen molar-refractivity contribution in [2.75, 3.05) is 26.7 Å². The van der Waals surface area contributed by atoms with Gasteiger partial charge in [-0.3, -0.25) is 9.79 Å². The van der Waals surface area contributed by atoms with Gasteiger partial charge < -0.3 is 15.5 Å². The van der Waals surface area contributed by atoms with Crippen LogP contribution in [0.3, 0.4) is 0 Å². The number of likely N-dealkylation sites (tertiary alicyclic amines) is 1. The first-order valence-electron chi connectivity index (χ1n) is 9.54. The van der Waals surface area contributed by atoms with Crippen molar-refractivity contribution in [3.63, 3.8) is 0 Å². The van der Waals surface area contributed by atoms with Crippen LogP contribution in [0, 0.1) is 11.8 Å². The van der Waals surface area contributed by atoms with Gasteiger partial charge in [0.15, 0.2) is 5.96 Å². The number of halogens is 1. The Morgan fingerprint density at radius 1 is 1.19 bits per heavy atom. The fourth-order valence-corrected chi connectivity index (χ4v) is 4.18. The number of hydrogen-bond acceptors (Lipinski definition) is 2. The third-order valence-electron chi connectivity index (χ3n) is 5.46. The fraction of sp³-hybridized carbons (Fsp3) is 0.600. The second-order valence-corrected chi connectivity index (χ2v) is 7.17. The number of carbonyl (C=O) groups is 1. The van der Waals surface area contributed by atoms with Crippen LogP contribution in [0.4, 0.5) is 0 Å². The molecule has 6 heteroatoms. The van der Waals surface area contributed by atoms with E-state index in [1.54, 1.807) is 0 Å². The lowest BCUT2D eigenvalue weighted by Gasteiger charge is -2.22. The summed E-state index contributed by atoms with van der Waals surface area (Å²) in [5.41, 5.74) is 1.81. The molecule has 1 aromatic carbocycles. The Morgan fingerprint density at radius 3 is 2.50 bits per heavy atom. The minimum atomic E-state index is -0.0163. The highest BCUT2D eigenvalue weighted by Gasteiger charge is 2.35. The number of fused-ring (bicyclic) bond motifs is 1. The Morgan fingerprint density at radius 2 is 1.88 bits per heavy atom. The molecule has 0 radical (unpaired) electrons. The average Bonchev–Trinajstić information content (AvgIpc) is 3.06. The van der Waals surface area contributed by atoms with Gasteiger partial charge >= 0.3 is 0 Å². The second-order valence-electron chi connectivity index (χ2n) is 7.17. The SMILES string of the molecule is CCNC(=O)c1cccc(CNC(=NC)N2CC3CCCCC3C2)c1.I. The molecule has 2 unspecified atom stereocenters. The highest BCUT2D eigenvalue weighted by molar-refractivity contribution is 14.0. The minimum Gasteiger partial charge on any atom is -0.352 e. The molecule has 0 aromatic heterocycles. The lowest BCUT2D eigenvalue weighted by atomic mass is 9.82. The maximum absolute atomic E-state index is 12.0. The van der Waals surface area contributed by atoms with E-state index in [0.29, 0.717) is 18.7 Å². The van der Waals surface area contributed by atoms with Crippen LogP contribution in [0.5, 0.6) is 0 Å². The molecule has 1 aromatic rings. The van der Waals surface area contributed by atoms with Crippen LogP contribution in [0.15, 0.2) is 29.3 Å². The van der Waals surface area contributed by atoms with Gasteiger partial charge in [0.05, 0.1) is 0 Å². The van der Waals surface area contributed by atoms with Gasteiger partial charge in [-0.1, -0.05) is 25.0 Å². The van der Waals surface area contributed by atoms with Gasteiger partial charge in [-0.2, -0.15) is 0 Å². The van der Waals surface area contributed by atoms with Gasteiger partial charge in [0.2, 0.25) is 0 Å². The molecule has 1 amide bonds. The highest BCUT2D eigenvalue weighted by Crippen LogP contribution is 2.35. The number of hydrogen-bond donors (Lipinski definition) is 2. The third kappa shape index (κ3) is 5.11. The summed E-state index contributed by atoms with van der Waals surface area (Å²) in [6, 6.07) is 7.80. The molecule has 5 nitrogen and oxygen atoms in total. The summed E-state index contributed by atoms with van der Waals surface area (Å²) in [6.07, 6.45) is 5.50. The van der Waals surface area contributed by atoms with Crippen molar-refractivity contribution in [3.8, 4) is 0 Å². The predicted molar refractivity (Wildman–Crippen MR) is 117 cm³/mol. The van der Waals surface area contributed by atoms with Crippen molar-refractivity contribution in [1.82, 2.24) is 15.5 Å². The Kier molecular flexibility index (Phi) is 8.18. The van der Waals surface area contributed by atoms with Gasteiger partial charge in [0.25, 0.3) is 5.91 Å². The zero-order valence-corrected chi connectivity index (χ0v) is 18.2. The molecule has 1 aliphatic carbocycles. The van der Waals surface area contributed by atoms with Crippen molar-refractivity contribution in [3.05, 3.63) is 35.4 Å². The van der Waals surface area contributed by atoms with Crippen LogP contribution >= 0.6 is 24.0 Å². The maximum atomic E-state index is 12.0. The Balaban J connectivity index is 0.00000243. The van der Waals surface area contributed by atoms with E-state index in [-0.39, 0.29) is 29.9 Å². The molecule has 2 N–H and O–H groups in total. The molecular weight excluding hydrogens is 439 g/mol. The fourth-order valence-electron chi connectivity index (χ4n) is 4.18. The molecule has 144 valence electrons. The van der Waals surface area contributed by atoms with Crippen molar-refractivity contribution in [2.24, 2.45) is 16.8 Å². The number of aliphatic imine (C=N–C) groups is 1. The molecule has 1 heterocycles. The smallest absolute Gasteiger partial charge is 0.251 e. The Hall–Kier alpha value is -1.31. The summed E-state index contributed by atoms with van der Waals surface area (Å²) < 4.78 is 0. The summed E-state index contributed by atoms with van der Waals surface area (Å²) >= 11 is 0. The van der Waals surface area contributed by atoms with E-state index in [9.17, 15) is 4.79 Å². The number of guanidine groups is 1. The van der Waals surface area contributed by atoms with Gasteiger partial charge in [0, 0.05) is 38.8 Å². The molecule has 2 atom stereocenters. The van der Waals surface area contributed by atoms with E-state index in [1.165, 1.54) is 25.7 Å². The van der Waals surface area contributed by atoms with Crippen molar-refractivity contribution in [2.45, 2.75) is 39.2 Å². The third-order valence-corrected chi connectivity index (χ3v) is 5.46. The molecule has 0 spiro atoms. The standard InChI is InChI=1S/C20H30N4O.HI/c1-3-22-19(25)16-10-6-7-15(11-16)12-23-20(21-2)24-13-17-8-4-5-9-18(17)14-24;/h6-7,10-11,17-18H,3-5,8-9,12-14H2,1-2H3,(H,21,23)(H,22,25);1H. The number of nitrogens with one attached hydrogen (secondary N) is 2. The van der Waals surface area contributed by atoms with Crippen LogP contribution in [0.1, 0.15) is 48.5 Å². The van der Waals surface area contributed by atoms with E-state index < -0.39 is 0 Å². The van der Waals surface area contributed by atoms with Crippen LogP contribution in [0.2, 0.25) is 0 Å². The van der Waals surface area contributed by atoms with Crippen molar-refractivity contribution >= 4 is 35.8 Å². The molecule has 2 aliphatic rings. The summed E-state index contributed by atoms with van der Waals surface area (Å²) in [6.45, 7) is 5.52. The van der Waals surface area contributed by atoms with Crippen molar-refractivity contribution in [1.29, 1.82) is 0 Å². The molecule has 0 bridgehead atoms. The Labute approximate surface area is 174 Å². The summed E-state index contributed by atoms with van der Waals surface area (Å²) in [4.78, 5) is 18.9. The summed E-state index contributed by atoms with van der Waals surface area (Å²) in [5.74, 6) is 2.65. The lowest BCUT2D eigenvalue weighted by molar-refractivity contribution is 0.0955. The number of amides is 1. The molecule has 1 saturated heterocycles. The normalized spacial score (nSPS) is 22.4. The largest absolute Gasteiger partial charge is 0.352 e. The van der Waals surface area contributed by atoms with E-state index >= 15 is 0 Å². The van der Waals surface area contributed by atoms with Crippen molar-refractivity contribution < 1.29 is 4.79 Å². The first kappa shape index (κ1) is 21.0. The topological polar surface area (TPSA) is 56.7 Å². The van der Waals surface area contributed by atoms with Crippen LogP contribution in [0.25, 0.3) is 0 Å². The zero-order valence-electron chi connectivity index (χ0n) is 15.8. The minimum absolute atomic E-state index is 0. The number of benzene rings is 1. The van der Waals surface area contributed by atoms with Crippen LogP contribution < -0.4 is 10.6 Å². The van der Waals surface area contributed by atoms with E-state index in [2.05, 4.69) is 20.5 Å². The molecule has 26 heavy (non-hydrogen) atoms. The summed E-state index contributed by atoms with van der Waals surface area (Å²) in [7, 11) is 1.86. The second kappa shape index (κ2) is 10.1. The first-order chi connectivity index (χ1) is 12.2. The molecule has 2 fully saturated rings. The van der Waals surface area contributed by atoms with Crippen LogP contribution in [-0.4, -0.2) is 43.4 Å². The quantitative estimate of drug-likeness (QED) is 0.404. The average molecular weight is 470 g/mol.